The number of carbonyl (C=O) groups excluding carboxylic acids is 1. The van der Waals surface area contributed by atoms with E-state index in [2.05, 4.69) is 31.9 Å². The van der Waals surface area contributed by atoms with Crippen molar-refractivity contribution >= 4 is 60.6 Å². The molecule has 0 saturated carbocycles. The molecule has 0 aliphatic carbocycles. The van der Waals surface area contributed by atoms with Crippen molar-refractivity contribution in [3.05, 3.63) is 53.6 Å². The lowest BCUT2D eigenvalue weighted by Gasteiger charge is -2.04. The lowest BCUT2D eigenvalue weighted by Crippen LogP contribution is -2.02. The fourth-order valence-electron chi connectivity index (χ4n) is 1.44. The average molecular weight is 395 g/mol. The fourth-order valence-corrected chi connectivity index (χ4v) is 3.71. The maximum atomic E-state index is 12.4. The smallest absolute Gasteiger partial charge is 0.204 e. The van der Waals surface area contributed by atoms with Gasteiger partial charge in [-0.1, -0.05) is 17.7 Å². The molecular weight excluding hydrogens is 387 g/mol. The minimum atomic E-state index is -0.00687. The monoisotopic (exact) mass is 392 g/mol. The molecule has 2 rings (SSSR count). The minimum Gasteiger partial charge on any atom is -0.288 e. The van der Waals surface area contributed by atoms with Gasteiger partial charge in [0.1, 0.15) is 0 Å². The highest BCUT2D eigenvalue weighted by Gasteiger charge is 2.18. The predicted molar refractivity (Wildman–Crippen MR) is 79.3 cm³/mol. The van der Waals surface area contributed by atoms with Crippen LogP contribution in [0.25, 0.3) is 0 Å². The third kappa shape index (κ3) is 2.65. The molecule has 0 bridgehead atoms. The van der Waals surface area contributed by atoms with Gasteiger partial charge in [0, 0.05) is 20.4 Å². The molecule has 0 spiro atoms. The Morgan fingerprint density at radius 1 is 1.35 bits per heavy atom. The second-order valence-corrected chi connectivity index (χ2v) is 6.48. The summed E-state index contributed by atoms with van der Waals surface area (Å²) < 4.78 is 1.69. The lowest BCUT2D eigenvalue weighted by atomic mass is 10.0. The van der Waals surface area contributed by atoms with Crippen LogP contribution in [-0.2, 0) is 0 Å². The molecule has 1 heterocycles. The third-order valence-electron chi connectivity index (χ3n) is 2.34. The topological polar surface area (TPSA) is 17.1 Å². The first-order valence-electron chi connectivity index (χ1n) is 4.74. The second-order valence-electron chi connectivity index (χ2n) is 3.52. The highest BCUT2D eigenvalue weighted by Crippen LogP contribution is 2.34. The van der Waals surface area contributed by atoms with E-state index in [9.17, 15) is 4.79 Å². The molecule has 17 heavy (non-hydrogen) atoms. The molecule has 0 radical (unpaired) electrons. The van der Waals surface area contributed by atoms with E-state index in [1.165, 1.54) is 11.3 Å². The lowest BCUT2D eigenvalue weighted by molar-refractivity contribution is 0.104. The molecule has 0 amide bonds. The number of rotatable bonds is 2. The van der Waals surface area contributed by atoms with Gasteiger partial charge in [-0.3, -0.25) is 4.79 Å². The van der Waals surface area contributed by atoms with Crippen LogP contribution in [0.2, 0.25) is 5.02 Å². The Hall–Kier alpha value is -0.160. The van der Waals surface area contributed by atoms with Crippen LogP contribution in [0.3, 0.4) is 0 Å². The summed E-state index contributed by atoms with van der Waals surface area (Å²) in [6.45, 7) is 1.90. The van der Waals surface area contributed by atoms with E-state index in [1.807, 2.05) is 18.4 Å². The molecule has 1 nitrogen and oxygen atoms in total. The molecule has 0 aliphatic rings. The zero-order valence-electron chi connectivity index (χ0n) is 8.76. The van der Waals surface area contributed by atoms with Gasteiger partial charge in [-0.2, -0.15) is 0 Å². The summed E-state index contributed by atoms with van der Waals surface area (Å²) in [5, 5.41) is 2.46. The summed E-state index contributed by atoms with van der Waals surface area (Å²) in [5.74, 6) is -0.00687. The SMILES string of the molecule is Cc1ccc(Cl)cc1C(=O)c1scc(Br)c1Br. The highest BCUT2D eigenvalue weighted by molar-refractivity contribution is 9.13. The fraction of sp³-hybridized carbons (Fsp3) is 0.0833. The Labute approximate surface area is 125 Å². The molecule has 1 aromatic heterocycles. The number of aryl methyl sites for hydroxylation is 1. The number of hydrogen-bond donors (Lipinski definition) is 0. The molecular formula is C12H7Br2ClOS. The van der Waals surface area contributed by atoms with Crippen molar-refractivity contribution in [3.63, 3.8) is 0 Å². The molecule has 0 aliphatic heterocycles. The Kier molecular flexibility index (Phi) is 4.08. The Morgan fingerprint density at radius 2 is 2.06 bits per heavy atom. The van der Waals surface area contributed by atoms with Crippen LogP contribution in [0.5, 0.6) is 0 Å². The maximum absolute atomic E-state index is 12.4. The van der Waals surface area contributed by atoms with Crippen molar-refractivity contribution in [3.8, 4) is 0 Å². The molecule has 88 valence electrons. The molecule has 0 atom stereocenters. The van der Waals surface area contributed by atoms with E-state index in [0.717, 1.165) is 14.5 Å². The number of halogens is 3. The van der Waals surface area contributed by atoms with E-state index in [0.29, 0.717) is 15.5 Å². The number of hydrogen-bond acceptors (Lipinski definition) is 2. The van der Waals surface area contributed by atoms with Gasteiger partial charge in [-0.25, -0.2) is 0 Å². The van der Waals surface area contributed by atoms with E-state index in [-0.39, 0.29) is 5.78 Å². The number of benzene rings is 1. The summed E-state index contributed by atoms with van der Waals surface area (Å²) in [6, 6.07) is 5.35. The Bertz CT molecular complexity index is 592. The predicted octanol–water partition coefficient (Wildman–Crippen LogP) is 5.47. The Morgan fingerprint density at radius 3 is 2.65 bits per heavy atom. The molecule has 0 saturated heterocycles. The summed E-state index contributed by atoms with van der Waals surface area (Å²) in [5.41, 5.74) is 1.57. The zero-order chi connectivity index (χ0) is 12.6. The summed E-state index contributed by atoms with van der Waals surface area (Å²) >= 11 is 14.1. The third-order valence-corrected chi connectivity index (χ3v) is 6.10. The van der Waals surface area contributed by atoms with Crippen LogP contribution in [-0.4, -0.2) is 5.78 Å². The minimum absolute atomic E-state index is 0.00687. The standard InChI is InChI=1S/C12H7Br2ClOS/c1-6-2-3-7(15)4-8(6)11(16)12-10(14)9(13)5-17-12/h2-5H,1H3. The van der Waals surface area contributed by atoms with Crippen LogP contribution in [0.15, 0.2) is 32.5 Å². The maximum Gasteiger partial charge on any atom is 0.204 e. The van der Waals surface area contributed by atoms with Crippen molar-refractivity contribution in [1.82, 2.24) is 0 Å². The van der Waals surface area contributed by atoms with Crippen molar-refractivity contribution in [2.24, 2.45) is 0 Å². The van der Waals surface area contributed by atoms with Crippen LogP contribution in [0.4, 0.5) is 0 Å². The average Bonchev–Trinajstić information content (AvgIpc) is 2.62. The van der Waals surface area contributed by atoms with E-state index in [1.54, 1.807) is 12.1 Å². The van der Waals surface area contributed by atoms with E-state index < -0.39 is 0 Å². The van der Waals surface area contributed by atoms with Gasteiger partial charge in [-0.05, 0) is 56.5 Å². The molecule has 0 N–H and O–H groups in total. The Balaban J connectivity index is 2.51. The highest BCUT2D eigenvalue weighted by atomic mass is 79.9. The van der Waals surface area contributed by atoms with Crippen LogP contribution >= 0.6 is 54.8 Å². The van der Waals surface area contributed by atoms with Gasteiger partial charge in [0.25, 0.3) is 0 Å². The van der Waals surface area contributed by atoms with Crippen molar-refractivity contribution in [2.45, 2.75) is 6.92 Å². The first kappa shape index (κ1) is 13.3. The molecule has 1 aromatic carbocycles. The van der Waals surface area contributed by atoms with Gasteiger partial charge in [-0.15, -0.1) is 11.3 Å². The quantitative estimate of drug-likeness (QED) is 0.618. The molecule has 2 aromatic rings. The van der Waals surface area contributed by atoms with Crippen LogP contribution < -0.4 is 0 Å². The molecule has 5 heteroatoms. The van der Waals surface area contributed by atoms with Crippen LogP contribution in [0.1, 0.15) is 20.8 Å². The largest absolute Gasteiger partial charge is 0.288 e. The van der Waals surface area contributed by atoms with E-state index in [4.69, 9.17) is 11.6 Å². The number of carbonyl (C=O) groups is 1. The molecule has 0 fully saturated rings. The van der Waals surface area contributed by atoms with Crippen molar-refractivity contribution in [2.75, 3.05) is 0 Å². The van der Waals surface area contributed by atoms with Crippen LogP contribution in [0, 0.1) is 6.92 Å². The summed E-state index contributed by atoms with van der Waals surface area (Å²) in [6.07, 6.45) is 0. The van der Waals surface area contributed by atoms with Crippen molar-refractivity contribution in [1.29, 1.82) is 0 Å². The van der Waals surface area contributed by atoms with Gasteiger partial charge in [0.2, 0.25) is 5.78 Å². The number of thiophene rings is 1. The summed E-state index contributed by atoms with van der Waals surface area (Å²) in [4.78, 5) is 13.0. The van der Waals surface area contributed by atoms with Crippen molar-refractivity contribution < 1.29 is 4.79 Å². The summed E-state index contributed by atoms with van der Waals surface area (Å²) in [7, 11) is 0. The van der Waals surface area contributed by atoms with E-state index >= 15 is 0 Å². The van der Waals surface area contributed by atoms with Gasteiger partial charge >= 0.3 is 0 Å². The van der Waals surface area contributed by atoms with Gasteiger partial charge in [0.15, 0.2) is 0 Å². The van der Waals surface area contributed by atoms with Gasteiger partial charge < -0.3 is 0 Å². The normalized spacial score (nSPS) is 10.6. The first-order valence-corrected chi connectivity index (χ1v) is 7.58. The number of ketones is 1. The zero-order valence-corrected chi connectivity index (χ0v) is 13.5. The first-order chi connectivity index (χ1) is 8.00. The van der Waals surface area contributed by atoms with Gasteiger partial charge in [0.05, 0.1) is 9.35 Å². The second kappa shape index (κ2) is 5.22. The molecule has 0 unspecified atom stereocenters.